The van der Waals surface area contributed by atoms with Gasteiger partial charge in [-0.1, -0.05) is 0 Å². The Morgan fingerprint density at radius 3 is 2.69 bits per heavy atom. The van der Waals surface area contributed by atoms with Crippen LogP contribution < -0.4 is 16.4 Å². The Hall–Kier alpha value is -1.98. The van der Waals surface area contributed by atoms with Gasteiger partial charge in [0.05, 0.1) is 0 Å². The molecule has 1 unspecified atom stereocenters. The van der Waals surface area contributed by atoms with Crippen LogP contribution in [0.3, 0.4) is 0 Å². The van der Waals surface area contributed by atoms with Crippen molar-refractivity contribution in [1.29, 1.82) is 0 Å². The smallest absolute Gasteiger partial charge is 0.327 e. The topological polar surface area (TPSA) is 87.5 Å². The van der Waals surface area contributed by atoms with Crippen molar-refractivity contribution in [2.75, 3.05) is 7.05 Å². The summed E-state index contributed by atoms with van der Waals surface area (Å²) in [5, 5.41) is 5.64. The lowest BCUT2D eigenvalue weighted by atomic mass is 10.1. The average molecular weight is 224 g/mol. The third-order valence-electron chi connectivity index (χ3n) is 2.25. The Kier molecular flexibility index (Phi) is 3.22. The molecule has 0 aromatic carbocycles. The van der Waals surface area contributed by atoms with Gasteiger partial charge in [0.15, 0.2) is 0 Å². The monoisotopic (exact) mass is 224 g/mol. The molecule has 0 bridgehead atoms. The van der Waals surface area contributed by atoms with Crippen LogP contribution in [0.15, 0.2) is 23.9 Å². The molecule has 0 saturated carbocycles. The summed E-state index contributed by atoms with van der Waals surface area (Å²) in [4.78, 5) is 23.2. The van der Waals surface area contributed by atoms with E-state index in [1.54, 1.807) is 13.1 Å². The van der Waals surface area contributed by atoms with Gasteiger partial charge < -0.3 is 16.4 Å². The van der Waals surface area contributed by atoms with Crippen LogP contribution in [0.4, 0.5) is 9.59 Å². The minimum absolute atomic E-state index is 0.554. The maximum Gasteiger partial charge on any atom is 0.327 e. The molecular formula is C10H16N4O2. The molecule has 0 aromatic heterocycles. The number of primary amides is 1. The Morgan fingerprint density at radius 2 is 2.19 bits per heavy atom. The lowest BCUT2D eigenvalue weighted by Crippen LogP contribution is -2.58. The van der Waals surface area contributed by atoms with Crippen LogP contribution in [0.25, 0.3) is 0 Å². The summed E-state index contributed by atoms with van der Waals surface area (Å²) in [5.41, 5.74) is 5.30. The lowest BCUT2D eigenvalue weighted by Gasteiger charge is -2.32. The van der Waals surface area contributed by atoms with E-state index in [9.17, 15) is 9.59 Å². The molecule has 6 heteroatoms. The zero-order chi connectivity index (χ0) is 12.3. The van der Waals surface area contributed by atoms with E-state index in [1.807, 2.05) is 19.1 Å². The van der Waals surface area contributed by atoms with Gasteiger partial charge in [0, 0.05) is 7.05 Å². The highest BCUT2D eigenvalue weighted by Gasteiger charge is 2.26. The number of amides is 4. The largest absolute Gasteiger partial charge is 0.366 e. The standard InChI is InChI=1S/C10H16N4O2/c1-7-4-5-12-10(2,6-7)13-9(16)14(3)8(11)15/h4-6,12H,1-3H3,(H2,11,15)(H,13,16). The van der Waals surface area contributed by atoms with E-state index in [-0.39, 0.29) is 0 Å². The number of imide groups is 1. The number of urea groups is 2. The molecule has 88 valence electrons. The van der Waals surface area contributed by atoms with E-state index in [0.29, 0.717) is 0 Å². The number of carbonyl (C=O) groups excluding carboxylic acids is 2. The fourth-order valence-corrected chi connectivity index (χ4v) is 1.37. The van der Waals surface area contributed by atoms with Gasteiger partial charge in [-0.25, -0.2) is 14.5 Å². The summed E-state index contributed by atoms with van der Waals surface area (Å²) in [6.45, 7) is 3.70. The Labute approximate surface area is 94.2 Å². The molecule has 1 rings (SSSR count). The number of dihydropyridines is 1. The van der Waals surface area contributed by atoms with Crippen LogP contribution in [0.5, 0.6) is 0 Å². The summed E-state index contributed by atoms with van der Waals surface area (Å²) in [7, 11) is 1.32. The van der Waals surface area contributed by atoms with Crippen molar-refractivity contribution in [2.24, 2.45) is 5.73 Å². The summed E-state index contributed by atoms with van der Waals surface area (Å²) < 4.78 is 0. The molecule has 1 heterocycles. The SMILES string of the molecule is CC1=CC(C)(NC(=O)N(C)C(N)=O)NC=C1. The first kappa shape index (κ1) is 12.1. The van der Waals surface area contributed by atoms with E-state index < -0.39 is 17.7 Å². The second kappa shape index (κ2) is 4.26. The third-order valence-corrected chi connectivity index (χ3v) is 2.25. The number of carbonyl (C=O) groups is 2. The first-order valence-corrected chi connectivity index (χ1v) is 4.83. The van der Waals surface area contributed by atoms with Crippen molar-refractivity contribution >= 4 is 12.1 Å². The Balaban J connectivity index is 2.71. The highest BCUT2D eigenvalue weighted by Crippen LogP contribution is 2.12. The second-order valence-corrected chi connectivity index (χ2v) is 3.90. The van der Waals surface area contributed by atoms with E-state index in [0.717, 1.165) is 10.5 Å². The third kappa shape index (κ3) is 2.75. The van der Waals surface area contributed by atoms with Crippen LogP contribution in [-0.4, -0.2) is 29.7 Å². The highest BCUT2D eigenvalue weighted by molar-refractivity contribution is 5.92. The van der Waals surface area contributed by atoms with Crippen molar-refractivity contribution in [2.45, 2.75) is 19.5 Å². The first-order valence-electron chi connectivity index (χ1n) is 4.83. The zero-order valence-electron chi connectivity index (χ0n) is 9.57. The van der Waals surface area contributed by atoms with Gasteiger partial charge >= 0.3 is 12.1 Å². The average Bonchev–Trinajstić information content (AvgIpc) is 2.15. The molecule has 1 aliphatic rings. The fourth-order valence-electron chi connectivity index (χ4n) is 1.37. The Morgan fingerprint density at radius 1 is 1.56 bits per heavy atom. The summed E-state index contributed by atoms with van der Waals surface area (Å²) in [6.07, 6.45) is 5.46. The number of hydrogen-bond acceptors (Lipinski definition) is 3. The van der Waals surface area contributed by atoms with Gasteiger partial charge in [-0.05, 0) is 37.8 Å². The molecule has 0 radical (unpaired) electrons. The molecule has 1 atom stereocenters. The van der Waals surface area contributed by atoms with Gasteiger partial charge in [-0.3, -0.25) is 0 Å². The van der Waals surface area contributed by atoms with Gasteiger partial charge in [0.25, 0.3) is 0 Å². The molecule has 0 aromatic rings. The van der Waals surface area contributed by atoms with Gasteiger partial charge in [0.2, 0.25) is 0 Å². The van der Waals surface area contributed by atoms with Crippen molar-refractivity contribution in [3.8, 4) is 0 Å². The molecule has 0 saturated heterocycles. The number of hydrogen-bond donors (Lipinski definition) is 3. The van der Waals surface area contributed by atoms with Crippen molar-refractivity contribution in [1.82, 2.24) is 15.5 Å². The molecule has 6 nitrogen and oxygen atoms in total. The Bertz CT molecular complexity index is 375. The molecule has 1 aliphatic heterocycles. The number of nitrogens with zero attached hydrogens (tertiary/aromatic N) is 1. The van der Waals surface area contributed by atoms with E-state index in [4.69, 9.17) is 5.73 Å². The molecule has 0 fully saturated rings. The van der Waals surface area contributed by atoms with Crippen molar-refractivity contribution < 1.29 is 9.59 Å². The van der Waals surface area contributed by atoms with Gasteiger partial charge in [0.1, 0.15) is 5.66 Å². The number of rotatable bonds is 1. The molecule has 0 aliphatic carbocycles. The molecule has 16 heavy (non-hydrogen) atoms. The molecular weight excluding hydrogens is 208 g/mol. The summed E-state index contributed by atoms with van der Waals surface area (Å²) in [6, 6.07) is -1.35. The number of nitrogens with two attached hydrogens (primary N) is 1. The highest BCUT2D eigenvalue weighted by atomic mass is 16.2. The maximum atomic E-state index is 11.6. The minimum Gasteiger partial charge on any atom is -0.366 e. The summed E-state index contributed by atoms with van der Waals surface area (Å²) in [5.74, 6) is 0. The van der Waals surface area contributed by atoms with E-state index in [2.05, 4.69) is 10.6 Å². The lowest BCUT2D eigenvalue weighted by molar-refractivity contribution is 0.192. The quantitative estimate of drug-likeness (QED) is 0.605. The van der Waals surface area contributed by atoms with Crippen LogP contribution in [0, 0.1) is 0 Å². The zero-order valence-corrected chi connectivity index (χ0v) is 9.57. The van der Waals surface area contributed by atoms with Crippen molar-refractivity contribution in [3.63, 3.8) is 0 Å². The fraction of sp³-hybridized carbons (Fsp3) is 0.400. The van der Waals surface area contributed by atoms with Crippen LogP contribution >= 0.6 is 0 Å². The van der Waals surface area contributed by atoms with Crippen LogP contribution in [0.2, 0.25) is 0 Å². The summed E-state index contributed by atoms with van der Waals surface area (Å²) >= 11 is 0. The van der Waals surface area contributed by atoms with E-state index in [1.165, 1.54) is 7.05 Å². The van der Waals surface area contributed by atoms with Crippen LogP contribution in [0.1, 0.15) is 13.8 Å². The van der Waals surface area contributed by atoms with Crippen LogP contribution in [-0.2, 0) is 0 Å². The normalized spacial score (nSPS) is 23.1. The predicted octanol–water partition coefficient (Wildman–Crippen LogP) is 0.486. The second-order valence-electron chi connectivity index (χ2n) is 3.90. The number of nitrogens with one attached hydrogen (secondary N) is 2. The maximum absolute atomic E-state index is 11.6. The van der Waals surface area contributed by atoms with Gasteiger partial charge in [-0.15, -0.1) is 0 Å². The van der Waals surface area contributed by atoms with Gasteiger partial charge in [-0.2, -0.15) is 0 Å². The van der Waals surface area contributed by atoms with E-state index >= 15 is 0 Å². The number of allylic oxidation sites excluding steroid dienone is 2. The first-order chi connectivity index (χ1) is 7.34. The van der Waals surface area contributed by atoms with Crippen molar-refractivity contribution in [3.05, 3.63) is 23.9 Å². The molecule has 4 N–H and O–H groups in total. The molecule has 0 spiro atoms. The molecule has 4 amide bonds. The predicted molar refractivity (Wildman–Crippen MR) is 60.3 cm³/mol. The minimum atomic E-state index is -0.798.